The molecule has 3 aromatic carbocycles. The van der Waals surface area contributed by atoms with E-state index in [0.29, 0.717) is 0 Å². The van der Waals surface area contributed by atoms with Gasteiger partial charge in [-0.25, -0.2) is 16.8 Å². The summed E-state index contributed by atoms with van der Waals surface area (Å²) < 4.78 is 54.0. The fourth-order valence-electron chi connectivity index (χ4n) is 2.29. The fourth-order valence-corrected chi connectivity index (χ4v) is 4.44. The van der Waals surface area contributed by atoms with E-state index < -0.39 is 25.8 Å². The number of anilines is 2. The van der Waals surface area contributed by atoms with Crippen molar-refractivity contribution < 1.29 is 21.9 Å². The maximum atomic E-state index is 12.4. The van der Waals surface area contributed by atoms with Gasteiger partial charge in [-0.05, 0) is 42.5 Å². The molecule has 0 saturated carbocycles. The van der Waals surface area contributed by atoms with Gasteiger partial charge in [0, 0.05) is 0 Å². The second kappa shape index (κ2) is 7.29. The highest BCUT2D eigenvalue weighted by Gasteiger charge is 2.18. The van der Waals surface area contributed by atoms with Crippen LogP contribution in [0.5, 0.6) is 5.75 Å². The zero-order chi connectivity index (χ0) is 19.5. The third kappa shape index (κ3) is 4.39. The summed E-state index contributed by atoms with van der Waals surface area (Å²) in [5.41, 5.74) is -0.198. The van der Waals surface area contributed by atoms with Gasteiger partial charge in [-0.3, -0.25) is 14.6 Å². The number of rotatable bonds is 6. The smallest absolute Gasteiger partial charge is 0.262 e. The molecule has 0 atom stereocenters. The fraction of sp³-hybridized carbons (Fsp3) is 0. The molecule has 27 heavy (non-hydrogen) atoms. The van der Waals surface area contributed by atoms with Crippen molar-refractivity contribution in [3.63, 3.8) is 0 Å². The Bertz CT molecular complexity index is 1150. The Morgan fingerprint density at radius 1 is 0.593 bits per heavy atom. The van der Waals surface area contributed by atoms with Gasteiger partial charge in [0.1, 0.15) is 0 Å². The van der Waals surface area contributed by atoms with Crippen molar-refractivity contribution in [3.8, 4) is 5.75 Å². The Hall–Kier alpha value is -3.04. The molecule has 0 aliphatic heterocycles. The SMILES string of the molecule is [O]c1ccc(NS(=O)(=O)c2ccccc2)cc1NS(=O)(=O)c1ccccc1. The van der Waals surface area contributed by atoms with Crippen molar-refractivity contribution in [2.75, 3.05) is 9.44 Å². The Balaban J connectivity index is 1.89. The van der Waals surface area contributed by atoms with Crippen LogP contribution >= 0.6 is 0 Å². The number of nitrogens with one attached hydrogen (secondary N) is 2. The van der Waals surface area contributed by atoms with Crippen LogP contribution in [0.15, 0.2) is 88.7 Å². The van der Waals surface area contributed by atoms with Crippen molar-refractivity contribution in [3.05, 3.63) is 78.9 Å². The molecule has 9 heteroatoms. The minimum atomic E-state index is -3.98. The molecule has 0 aliphatic rings. The van der Waals surface area contributed by atoms with Crippen LogP contribution in [0.1, 0.15) is 0 Å². The lowest BCUT2D eigenvalue weighted by Gasteiger charge is -2.12. The quantitative estimate of drug-likeness (QED) is 0.656. The summed E-state index contributed by atoms with van der Waals surface area (Å²) in [4.78, 5) is 0.0299. The summed E-state index contributed by atoms with van der Waals surface area (Å²) in [5, 5.41) is 12.0. The van der Waals surface area contributed by atoms with E-state index in [4.69, 9.17) is 0 Å². The molecule has 0 bridgehead atoms. The van der Waals surface area contributed by atoms with Crippen LogP contribution in [0, 0.1) is 0 Å². The minimum absolute atomic E-state index is 0.0142. The van der Waals surface area contributed by atoms with Crippen molar-refractivity contribution in [1.82, 2.24) is 0 Å². The van der Waals surface area contributed by atoms with Crippen LogP contribution in [0.25, 0.3) is 0 Å². The summed E-state index contributed by atoms with van der Waals surface area (Å²) in [5.74, 6) is -0.586. The normalized spacial score (nSPS) is 11.7. The van der Waals surface area contributed by atoms with Gasteiger partial charge in [0.2, 0.25) is 5.75 Å². The number of sulfonamides is 2. The lowest BCUT2D eigenvalue weighted by Crippen LogP contribution is -2.15. The molecule has 0 amide bonds. The van der Waals surface area contributed by atoms with E-state index in [1.807, 2.05) is 0 Å². The van der Waals surface area contributed by atoms with E-state index in [1.54, 1.807) is 36.4 Å². The summed E-state index contributed by atoms with van der Waals surface area (Å²) in [7, 11) is -7.84. The minimum Gasteiger partial charge on any atom is -0.288 e. The largest absolute Gasteiger partial charge is 0.288 e. The number of benzene rings is 3. The Labute approximate surface area is 157 Å². The maximum absolute atomic E-state index is 12.4. The highest BCUT2D eigenvalue weighted by Crippen LogP contribution is 2.30. The molecule has 0 unspecified atom stereocenters. The molecule has 0 aromatic heterocycles. The summed E-state index contributed by atoms with van der Waals surface area (Å²) in [6, 6.07) is 18.7. The van der Waals surface area contributed by atoms with Gasteiger partial charge in [-0.1, -0.05) is 36.4 Å². The van der Waals surface area contributed by atoms with Gasteiger partial charge in [0.05, 0.1) is 21.2 Å². The number of hydrogen-bond donors (Lipinski definition) is 2. The molecule has 1 radical (unpaired) electrons. The van der Waals surface area contributed by atoms with E-state index in [0.717, 1.165) is 12.1 Å². The molecule has 7 nitrogen and oxygen atoms in total. The summed E-state index contributed by atoms with van der Waals surface area (Å²) in [6.07, 6.45) is 0. The lowest BCUT2D eigenvalue weighted by atomic mass is 10.3. The van der Waals surface area contributed by atoms with Gasteiger partial charge in [0.15, 0.2) is 0 Å². The predicted molar refractivity (Wildman–Crippen MR) is 101 cm³/mol. The van der Waals surface area contributed by atoms with E-state index in [-0.39, 0.29) is 21.2 Å². The standard InChI is InChI=1S/C18H15N2O5S2/c21-18-12-11-14(19-26(22,23)15-7-3-1-4-8-15)13-17(18)20-27(24,25)16-9-5-2-6-10-16/h1-13,19-20H. The maximum Gasteiger partial charge on any atom is 0.262 e. The first-order chi connectivity index (χ1) is 12.8. The molecule has 0 fully saturated rings. The van der Waals surface area contributed by atoms with Crippen LogP contribution in [-0.4, -0.2) is 16.8 Å². The molecule has 139 valence electrons. The highest BCUT2D eigenvalue weighted by molar-refractivity contribution is 7.93. The molecule has 0 aliphatic carbocycles. The van der Waals surface area contributed by atoms with E-state index >= 15 is 0 Å². The second-order valence-electron chi connectivity index (χ2n) is 5.55. The van der Waals surface area contributed by atoms with E-state index in [1.165, 1.54) is 30.3 Å². The first-order valence-electron chi connectivity index (χ1n) is 7.75. The van der Waals surface area contributed by atoms with Crippen molar-refractivity contribution >= 4 is 31.4 Å². The molecule has 2 N–H and O–H groups in total. The van der Waals surface area contributed by atoms with Crippen LogP contribution in [-0.2, 0) is 25.2 Å². The third-order valence-corrected chi connectivity index (χ3v) is 6.36. The van der Waals surface area contributed by atoms with Crippen LogP contribution in [0.3, 0.4) is 0 Å². The highest BCUT2D eigenvalue weighted by atomic mass is 32.2. The van der Waals surface area contributed by atoms with Gasteiger partial charge in [0.25, 0.3) is 20.0 Å². The summed E-state index contributed by atoms with van der Waals surface area (Å²) in [6.45, 7) is 0. The molecular weight excluding hydrogens is 388 g/mol. The van der Waals surface area contributed by atoms with Gasteiger partial charge in [-0.15, -0.1) is 0 Å². The van der Waals surface area contributed by atoms with Gasteiger partial charge < -0.3 is 0 Å². The zero-order valence-corrected chi connectivity index (χ0v) is 15.5. The van der Waals surface area contributed by atoms with Gasteiger partial charge >= 0.3 is 0 Å². The molecule has 0 spiro atoms. The lowest BCUT2D eigenvalue weighted by molar-refractivity contribution is 0.357. The van der Waals surface area contributed by atoms with Crippen LogP contribution in [0.4, 0.5) is 11.4 Å². The average Bonchev–Trinajstić information content (AvgIpc) is 2.65. The Kier molecular flexibility index (Phi) is 5.06. The van der Waals surface area contributed by atoms with Crippen molar-refractivity contribution in [2.45, 2.75) is 9.79 Å². The first kappa shape index (κ1) is 18.7. The Morgan fingerprint density at radius 2 is 1.07 bits per heavy atom. The molecule has 3 rings (SSSR count). The molecule has 0 heterocycles. The predicted octanol–water partition coefficient (Wildman–Crippen LogP) is 3.43. The topological polar surface area (TPSA) is 112 Å². The van der Waals surface area contributed by atoms with Crippen molar-refractivity contribution in [1.29, 1.82) is 0 Å². The van der Waals surface area contributed by atoms with E-state index in [9.17, 15) is 21.9 Å². The monoisotopic (exact) mass is 403 g/mol. The first-order valence-corrected chi connectivity index (χ1v) is 10.7. The second-order valence-corrected chi connectivity index (χ2v) is 8.91. The number of hydrogen-bond acceptors (Lipinski definition) is 4. The summed E-state index contributed by atoms with van der Waals surface area (Å²) >= 11 is 0. The van der Waals surface area contributed by atoms with Crippen LogP contribution < -0.4 is 9.44 Å². The Morgan fingerprint density at radius 3 is 1.59 bits per heavy atom. The third-order valence-electron chi connectivity index (χ3n) is 3.58. The molecular formula is C18H15N2O5S2. The molecule has 0 saturated heterocycles. The van der Waals surface area contributed by atoms with Crippen LogP contribution in [0.2, 0.25) is 0 Å². The van der Waals surface area contributed by atoms with Gasteiger partial charge in [-0.2, -0.15) is 0 Å². The average molecular weight is 403 g/mol. The zero-order valence-electron chi connectivity index (χ0n) is 13.9. The van der Waals surface area contributed by atoms with Crippen molar-refractivity contribution in [2.24, 2.45) is 0 Å². The molecule has 3 aromatic rings. The van der Waals surface area contributed by atoms with E-state index in [2.05, 4.69) is 9.44 Å².